The standard InChI is InChI=1S/C26H37F4NO/c1-17-15-26(29,30)13-11-21(17)22(32-20-9-7-18(8-10-20)25(3,27)28)16-24(2)12-5-4-6-19-14-23(24)31-19/h7-10,17,19,21-23,31H,4-6,11-16H2,1-3H3/t17-,19?,21+,22+,23?,24-/m1/s1. The second-order valence-electron chi connectivity index (χ2n) is 11.1. The Morgan fingerprint density at radius 2 is 1.81 bits per heavy atom. The molecule has 1 aromatic carbocycles. The van der Waals surface area contributed by atoms with E-state index in [1.807, 2.05) is 6.92 Å². The maximum atomic E-state index is 14.1. The SMILES string of the molecule is C[C@@H]1CC(F)(F)CC[C@@H]1[C@H](C[C@@]1(C)CCCCC2CC1N2)Oc1ccc(C(C)(F)F)cc1. The summed E-state index contributed by atoms with van der Waals surface area (Å²) in [5, 5.41) is 3.73. The maximum absolute atomic E-state index is 14.1. The van der Waals surface area contributed by atoms with Gasteiger partial charge in [0.15, 0.2) is 0 Å². The van der Waals surface area contributed by atoms with Crippen LogP contribution in [0.3, 0.4) is 0 Å². The maximum Gasteiger partial charge on any atom is 0.270 e. The van der Waals surface area contributed by atoms with E-state index in [0.29, 0.717) is 24.3 Å². The Bertz CT molecular complexity index is 771. The molecule has 4 aliphatic rings. The molecule has 4 fully saturated rings. The summed E-state index contributed by atoms with van der Waals surface area (Å²) in [7, 11) is 0. The van der Waals surface area contributed by atoms with Crippen LogP contribution < -0.4 is 10.1 Å². The van der Waals surface area contributed by atoms with Gasteiger partial charge in [0, 0.05) is 37.4 Å². The first-order valence-corrected chi connectivity index (χ1v) is 12.2. The van der Waals surface area contributed by atoms with Gasteiger partial charge in [0.25, 0.3) is 5.92 Å². The van der Waals surface area contributed by atoms with Crippen LogP contribution in [-0.4, -0.2) is 24.1 Å². The fraction of sp³-hybridized carbons (Fsp3) is 0.769. The van der Waals surface area contributed by atoms with Crippen molar-refractivity contribution in [2.45, 2.75) is 109 Å². The highest BCUT2D eigenvalue weighted by Crippen LogP contribution is 2.48. The van der Waals surface area contributed by atoms with Crippen LogP contribution in [0.15, 0.2) is 24.3 Å². The molecule has 2 nitrogen and oxygen atoms in total. The number of fused-ring (bicyclic) bond motifs is 4. The molecule has 2 bridgehead atoms. The molecule has 1 aromatic rings. The van der Waals surface area contributed by atoms with Crippen molar-refractivity contribution in [3.63, 3.8) is 0 Å². The van der Waals surface area contributed by atoms with E-state index in [9.17, 15) is 17.6 Å². The number of nitrogens with one attached hydrogen (secondary N) is 1. The van der Waals surface area contributed by atoms with E-state index in [1.165, 1.54) is 37.8 Å². The van der Waals surface area contributed by atoms with Gasteiger partial charge in [0.05, 0.1) is 0 Å². The summed E-state index contributed by atoms with van der Waals surface area (Å²) >= 11 is 0. The van der Waals surface area contributed by atoms with Crippen LogP contribution in [0, 0.1) is 17.3 Å². The molecule has 0 aromatic heterocycles. The van der Waals surface area contributed by atoms with Crippen molar-refractivity contribution in [2.24, 2.45) is 17.3 Å². The first kappa shape index (κ1) is 23.8. The van der Waals surface area contributed by atoms with Crippen LogP contribution in [0.1, 0.15) is 84.1 Å². The predicted molar refractivity (Wildman–Crippen MR) is 118 cm³/mol. The molecule has 0 radical (unpaired) electrons. The summed E-state index contributed by atoms with van der Waals surface area (Å²) in [5.41, 5.74) is -0.0127. The fourth-order valence-corrected chi connectivity index (χ4v) is 6.25. The smallest absolute Gasteiger partial charge is 0.270 e. The molecule has 2 heterocycles. The van der Waals surface area contributed by atoms with Crippen LogP contribution in [-0.2, 0) is 5.92 Å². The summed E-state index contributed by atoms with van der Waals surface area (Å²) in [6.07, 6.45) is 6.68. The van der Waals surface area contributed by atoms with Gasteiger partial charge in [-0.2, -0.15) is 0 Å². The van der Waals surface area contributed by atoms with Crippen molar-refractivity contribution in [1.82, 2.24) is 5.32 Å². The van der Waals surface area contributed by atoms with E-state index >= 15 is 0 Å². The van der Waals surface area contributed by atoms with Gasteiger partial charge in [0.1, 0.15) is 11.9 Å². The highest BCUT2D eigenvalue weighted by molar-refractivity contribution is 5.29. The van der Waals surface area contributed by atoms with Gasteiger partial charge in [-0.1, -0.05) is 26.7 Å². The Balaban J connectivity index is 1.55. The Labute approximate surface area is 189 Å². The normalized spacial score (nSPS) is 35.8. The lowest BCUT2D eigenvalue weighted by Crippen LogP contribution is -2.61. The topological polar surface area (TPSA) is 21.3 Å². The van der Waals surface area contributed by atoms with E-state index in [2.05, 4.69) is 12.2 Å². The van der Waals surface area contributed by atoms with Gasteiger partial charge in [0.2, 0.25) is 5.92 Å². The van der Waals surface area contributed by atoms with Gasteiger partial charge < -0.3 is 10.1 Å². The number of halogens is 4. The zero-order valence-corrected chi connectivity index (χ0v) is 19.5. The average molecular weight is 456 g/mol. The molecule has 2 unspecified atom stereocenters. The number of hydrogen-bond acceptors (Lipinski definition) is 2. The molecule has 180 valence electrons. The van der Waals surface area contributed by atoms with Gasteiger partial charge >= 0.3 is 0 Å². The Kier molecular flexibility index (Phi) is 6.56. The summed E-state index contributed by atoms with van der Waals surface area (Å²) < 4.78 is 61.8. The molecular formula is C26H37F4NO. The van der Waals surface area contributed by atoms with Gasteiger partial charge in [-0.25, -0.2) is 17.6 Å². The molecule has 32 heavy (non-hydrogen) atoms. The van der Waals surface area contributed by atoms with E-state index in [-0.39, 0.29) is 41.8 Å². The van der Waals surface area contributed by atoms with Gasteiger partial charge in [-0.3, -0.25) is 0 Å². The zero-order chi connectivity index (χ0) is 23.1. The van der Waals surface area contributed by atoms with Crippen molar-refractivity contribution >= 4 is 0 Å². The summed E-state index contributed by atoms with van der Waals surface area (Å²) in [4.78, 5) is 0. The lowest BCUT2D eigenvalue weighted by atomic mass is 9.63. The highest BCUT2D eigenvalue weighted by Gasteiger charge is 2.48. The van der Waals surface area contributed by atoms with Crippen molar-refractivity contribution in [2.75, 3.05) is 0 Å². The molecule has 2 aliphatic carbocycles. The quantitative estimate of drug-likeness (QED) is 0.454. The number of ether oxygens (including phenoxy) is 1. The van der Waals surface area contributed by atoms with Crippen molar-refractivity contribution in [3.8, 4) is 5.75 Å². The minimum Gasteiger partial charge on any atom is -0.490 e. The number of rotatable bonds is 6. The molecule has 1 N–H and O–H groups in total. The molecule has 2 saturated carbocycles. The lowest BCUT2D eigenvalue weighted by molar-refractivity contribution is -0.0906. The molecule has 2 saturated heterocycles. The van der Waals surface area contributed by atoms with Crippen molar-refractivity contribution in [1.29, 1.82) is 0 Å². The minimum atomic E-state index is -2.90. The van der Waals surface area contributed by atoms with Crippen LogP contribution in [0.4, 0.5) is 17.6 Å². The third-order valence-corrected chi connectivity index (χ3v) is 8.34. The Hall–Kier alpha value is -1.30. The fourth-order valence-electron chi connectivity index (χ4n) is 6.25. The third kappa shape index (κ3) is 5.26. The monoisotopic (exact) mass is 455 g/mol. The van der Waals surface area contributed by atoms with E-state index in [0.717, 1.165) is 19.8 Å². The van der Waals surface area contributed by atoms with E-state index in [1.54, 1.807) is 12.1 Å². The van der Waals surface area contributed by atoms with Crippen LogP contribution in [0.5, 0.6) is 5.75 Å². The van der Waals surface area contributed by atoms with E-state index in [4.69, 9.17) is 4.74 Å². The Morgan fingerprint density at radius 3 is 2.44 bits per heavy atom. The van der Waals surface area contributed by atoms with Gasteiger partial charge in [-0.05, 0) is 73.6 Å². The number of alkyl halides is 4. The molecule has 0 spiro atoms. The second-order valence-corrected chi connectivity index (χ2v) is 11.1. The highest BCUT2D eigenvalue weighted by atomic mass is 19.3. The van der Waals surface area contributed by atoms with Crippen molar-refractivity contribution in [3.05, 3.63) is 29.8 Å². The first-order chi connectivity index (χ1) is 15.0. The summed E-state index contributed by atoms with van der Waals surface area (Å²) in [5.74, 6) is -5.09. The van der Waals surface area contributed by atoms with Crippen LogP contribution >= 0.6 is 0 Å². The lowest BCUT2D eigenvalue weighted by Gasteiger charge is -2.52. The average Bonchev–Trinajstić information content (AvgIpc) is 2.63. The summed E-state index contributed by atoms with van der Waals surface area (Å²) in [6, 6.07) is 7.04. The number of benzene rings is 1. The number of hydrogen-bond donors (Lipinski definition) is 1. The molecular weight excluding hydrogens is 418 g/mol. The zero-order valence-electron chi connectivity index (χ0n) is 19.5. The summed E-state index contributed by atoms with van der Waals surface area (Å²) in [6.45, 7) is 5.10. The minimum absolute atomic E-state index is 0.0278. The largest absolute Gasteiger partial charge is 0.490 e. The molecule has 2 aliphatic heterocycles. The van der Waals surface area contributed by atoms with E-state index < -0.39 is 11.8 Å². The second kappa shape index (κ2) is 8.81. The predicted octanol–water partition coefficient (Wildman–Crippen LogP) is 7.32. The molecule has 6 atom stereocenters. The Morgan fingerprint density at radius 1 is 1.12 bits per heavy atom. The van der Waals surface area contributed by atoms with Crippen molar-refractivity contribution < 1.29 is 22.3 Å². The molecule has 0 amide bonds. The molecule has 5 rings (SSSR count). The van der Waals surface area contributed by atoms with Crippen LogP contribution in [0.2, 0.25) is 0 Å². The first-order valence-electron chi connectivity index (χ1n) is 12.2. The van der Waals surface area contributed by atoms with Crippen LogP contribution in [0.25, 0.3) is 0 Å². The molecule has 6 heteroatoms. The van der Waals surface area contributed by atoms with Gasteiger partial charge in [-0.15, -0.1) is 0 Å². The third-order valence-electron chi connectivity index (χ3n) is 8.34.